The number of nitrogens with zero attached hydrogens (tertiary/aromatic N) is 7. The quantitative estimate of drug-likeness (QED) is 0.610. The van der Waals surface area contributed by atoms with Crippen LogP contribution in [0, 0.1) is 6.92 Å². The second-order valence-electron chi connectivity index (χ2n) is 6.91. The number of rotatable bonds is 7. The molecule has 3 aromatic rings. The van der Waals surface area contributed by atoms with E-state index in [0.717, 1.165) is 12.4 Å². The first-order valence-corrected chi connectivity index (χ1v) is 9.41. The molecule has 3 rings (SSSR count). The van der Waals surface area contributed by atoms with Gasteiger partial charge in [0.05, 0.1) is 18.0 Å². The van der Waals surface area contributed by atoms with E-state index in [-0.39, 0.29) is 23.6 Å². The Morgan fingerprint density at radius 3 is 2.45 bits per heavy atom. The van der Waals surface area contributed by atoms with Gasteiger partial charge in [-0.1, -0.05) is 0 Å². The highest BCUT2D eigenvalue weighted by Crippen LogP contribution is 2.28. The summed E-state index contributed by atoms with van der Waals surface area (Å²) in [5.74, 6) is -0.212. The number of aromatic nitrogens is 6. The molecular weight excluding hydrogens is 413 g/mol. The summed E-state index contributed by atoms with van der Waals surface area (Å²) in [5, 5.41) is 11.0. The molecule has 0 saturated carbocycles. The van der Waals surface area contributed by atoms with E-state index in [9.17, 15) is 18.0 Å². The summed E-state index contributed by atoms with van der Waals surface area (Å²) in [6, 6.07) is 3.31. The van der Waals surface area contributed by atoms with E-state index in [2.05, 4.69) is 30.5 Å². The Morgan fingerprint density at radius 1 is 1.19 bits per heavy atom. The number of pyridine rings is 1. The minimum atomic E-state index is -4.48. The number of carbonyl (C=O) groups excluding carboxylic acids is 1. The molecule has 0 aliphatic carbocycles. The van der Waals surface area contributed by atoms with Gasteiger partial charge in [-0.15, -0.1) is 4.80 Å². The maximum Gasteiger partial charge on any atom is 0.419 e. The molecule has 3 heterocycles. The number of carbonyl (C=O) groups is 1. The summed E-state index contributed by atoms with van der Waals surface area (Å²) in [7, 11) is 1.66. The second-order valence-corrected chi connectivity index (χ2v) is 6.91. The normalized spacial score (nSPS) is 12.5. The van der Waals surface area contributed by atoms with Crippen molar-refractivity contribution in [2.24, 2.45) is 0 Å². The Balaban J connectivity index is 1.62. The molecule has 1 atom stereocenters. The number of halogens is 3. The topological polar surface area (TPSA) is 102 Å². The average molecular weight is 434 g/mol. The van der Waals surface area contributed by atoms with E-state index in [1.165, 1.54) is 17.2 Å². The van der Waals surface area contributed by atoms with Gasteiger partial charge in [0.1, 0.15) is 5.69 Å². The molecule has 12 heteroatoms. The third kappa shape index (κ3) is 5.32. The highest BCUT2D eigenvalue weighted by atomic mass is 19.4. The maximum atomic E-state index is 13.1. The van der Waals surface area contributed by atoms with Crippen molar-refractivity contribution in [3.63, 3.8) is 0 Å². The number of nitrogens with one attached hydrogen (secondary N) is 1. The fourth-order valence-electron chi connectivity index (χ4n) is 2.73. The summed E-state index contributed by atoms with van der Waals surface area (Å²) < 4.78 is 37.7. The fraction of sp³-hybridized carbons (Fsp3) is 0.368. The monoisotopic (exact) mass is 434 g/mol. The molecule has 0 aliphatic heterocycles. The number of hydrogen-bond acceptors (Lipinski definition) is 7. The van der Waals surface area contributed by atoms with E-state index in [0.29, 0.717) is 24.3 Å². The van der Waals surface area contributed by atoms with E-state index in [1.807, 2.05) is 6.92 Å². The van der Waals surface area contributed by atoms with Gasteiger partial charge < -0.3 is 10.2 Å². The Kier molecular flexibility index (Phi) is 6.47. The predicted molar refractivity (Wildman–Crippen MR) is 106 cm³/mol. The zero-order valence-corrected chi connectivity index (χ0v) is 17.1. The number of hydrogen-bond donors (Lipinski definition) is 1. The van der Waals surface area contributed by atoms with Gasteiger partial charge in [0, 0.05) is 37.7 Å². The summed E-state index contributed by atoms with van der Waals surface area (Å²) in [6.45, 7) is 4.00. The summed E-state index contributed by atoms with van der Waals surface area (Å²) in [5.41, 5.74) is 0.465. The van der Waals surface area contributed by atoms with Gasteiger partial charge in [-0.3, -0.25) is 4.79 Å². The standard InChI is InChI=1S/C19H21F3N8O/c1-12-4-5-15(30-26-8-9-27-30)16(28-12)17(31)29(3)13(2)6-7-23-18-24-10-14(11-25-18)19(20,21)22/h4-5,8-11,13H,6-7H2,1-3H3,(H,23,24,25). The highest BCUT2D eigenvalue weighted by molar-refractivity contribution is 5.95. The molecule has 164 valence electrons. The lowest BCUT2D eigenvalue weighted by atomic mass is 10.1. The van der Waals surface area contributed by atoms with Crippen molar-refractivity contribution in [1.82, 2.24) is 34.8 Å². The molecule has 0 aliphatic rings. The second kappa shape index (κ2) is 9.06. The molecule has 3 aromatic heterocycles. The maximum absolute atomic E-state index is 13.1. The first kappa shape index (κ1) is 22.1. The first-order valence-electron chi connectivity index (χ1n) is 9.41. The van der Waals surface area contributed by atoms with Crippen molar-refractivity contribution in [2.45, 2.75) is 32.5 Å². The lowest BCUT2D eigenvalue weighted by Gasteiger charge is -2.25. The van der Waals surface area contributed by atoms with Crippen molar-refractivity contribution in [2.75, 3.05) is 18.9 Å². The molecule has 1 unspecified atom stereocenters. The van der Waals surface area contributed by atoms with Crippen LogP contribution in [0.15, 0.2) is 36.9 Å². The zero-order chi connectivity index (χ0) is 22.6. The molecule has 1 N–H and O–H groups in total. The minimum absolute atomic E-state index is 0.0848. The predicted octanol–water partition coefficient (Wildman–Crippen LogP) is 2.74. The summed E-state index contributed by atoms with van der Waals surface area (Å²) in [6.07, 6.45) is 0.495. The van der Waals surface area contributed by atoms with Gasteiger partial charge in [0.15, 0.2) is 5.69 Å². The summed E-state index contributed by atoms with van der Waals surface area (Å²) >= 11 is 0. The van der Waals surface area contributed by atoms with E-state index in [1.54, 1.807) is 31.0 Å². The van der Waals surface area contributed by atoms with Crippen LogP contribution in [0.2, 0.25) is 0 Å². The van der Waals surface area contributed by atoms with Crippen LogP contribution >= 0.6 is 0 Å². The van der Waals surface area contributed by atoms with Crippen molar-refractivity contribution in [3.8, 4) is 5.69 Å². The molecule has 0 fully saturated rings. The molecule has 0 radical (unpaired) electrons. The number of aryl methyl sites for hydroxylation is 1. The molecule has 0 saturated heterocycles. The van der Waals surface area contributed by atoms with Gasteiger partial charge in [0.25, 0.3) is 5.91 Å². The van der Waals surface area contributed by atoms with E-state index < -0.39 is 11.7 Å². The lowest BCUT2D eigenvalue weighted by Crippen LogP contribution is -2.37. The third-order valence-electron chi connectivity index (χ3n) is 4.66. The summed E-state index contributed by atoms with van der Waals surface area (Å²) in [4.78, 5) is 27.7. The van der Waals surface area contributed by atoms with Gasteiger partial charge in [-0.2, -0.15) is 23.4 Å². The lowest BCUT2D eigenvalue weighted by molar-refractivity contribution is -0.138. The molecule has 0 bridgehead atoms. The van der Waals surface area contributed by atoms with Crippen molar-refractivity contribution in [3.05, 3.63) is 53.9 Å². The van der Waals surface area contributed by atoms with Gasteiger partial charge in [0.2, 0.25) is 5.95 Å². The van der Waals surface area contributed by atoms with Crippen LogP contribution in [0.25, 0.3) is 5.69 Å². The van der Waals surface area contributed by atoms with E-state index in [4.69, 9.17) is 0 Å². The first-order chi connectivity index (χ1) is 14.7. The third-order valence-corrected chi connectivity index (χ3v) is 4.66. The van der Waals surface area contributed by atoms with Crippen LogP contribution in [0.5, 0.6) is 0 Å². The SMILES string of the molecule is Cc1ccc(-n2nccn2)c(C(=O)N(C)C(C)CCNc2ncc(C(F)(F)F)cn2)n1. The van der Waals surface area contributed by atoms with Crippen molar-refractivity contribution >= 4 is 11.9 Å². The molecule has 0 spiro atoms. The number of amides is 1. The smallest absolute Gasteiger partial charge is 0.354 e. The van der Waals surface area contributed by atoms with Crippen LogP contribution in [-0.4, -0.2) is 60.4 Å². The van der Waals surface area contributed by atoms with Crippen LogP contribution in [0.3, 0.4) is 0 Å². The molecule has 31 heavy (non-hydrogen) atoms. The highest BCUT2D eigenvalue weighted by Gasteiger charge is 2.31. The molecule has 1 amide bonds. The molecular formula is C19H21F3N8O. The largest absolute Gasteiger partial charge is 0.419 e. The van der Waals surface area contributed by atoms with Crippen LogP contribution in [-0.2, 0) is 6.18 Å². The minimum Gasteiger partial charge on any atom is -0.354 e. The Morgan fingerprint density at radius 2 is 1.84 bits per heavy atom. The Labute approximate surface area is 176 Å². The van der Waals surface area contributed by atoms with Gasteiger partial charge in [-0.25, -0.2) is 15.0 Å². The Bertz CT molecular complexity index is 1020. The number of anilines is 1. The van der Waals surface area contributed by atoms with Crippen LogP contribution < -0.4 is 5.32 Å². The molecule has 9 nitrogen and oxygen atoms in total. The molecule has 0 aromatic carbocycles. The average Bonchev–Trinajstić information content (AvgIpc) is 3.27. The Hall–Kier alpha value is -3.57. The number of alkyl halides is 3. The van der Waals surface area contributed by atoms with E-state index >= 15 is 0 Å². The van der Waals surface area contributed by atoms with Gasteiger partial charge >= 0.3 is 6.18 Å². The van der Waals surface area contributed by atoms with Crippen LogP contribution in [0.1, 0.15) is 35.1 Å². The van der Waals surface area contributed by atoms with Crippen LogP contribution in [0.4, 0.5) is 19.1 Å². The van der Waals surface area contributed by atoms with Gasteiger partial charge in [-0.05, 0) is 32.4 Å². The fourth-order valence-corrected chi connectivity index (χ4v) is 2.73. The zero-order valence-electron chi connectivity index (χ0n) is 17.1. The van der Waals surface area contributed by atoms with Crippen molar-refractivity contribution in [1.29, 1.82) is 0 Å². The van der Waals surface area contributed by atoms with Crippen molar-refractivity contribution < 1.29 is 18.0 Å².